The van der Waals surface area contributed by atoms with E-state index < -0.39 is 0 Å². The van der Waals surface area contributed by atoms with Gasteiger partial charge in [0.05, 0.1) is 13.3 Å². The highest BCUT2D eigenvalue weighted by Gasteiger charge is 1.95. The highest BCUT2D eigenvalue weighted by atomic mass is 16.5. The SMILES string of the molecule is COCCCc1ccc(OC)cn1. The minimum Gasteiger partial charge on any atom is -0.495 e. The maximum atomic E-state index is 5.01. The molecule has 0 N–H and O–H groups in total. The lowest BCUT2D eigenvalue weighted by atomic mass is 10.2. The number of hydrogen-bond donors (Lipinski definition) is 0. The standard InChI is InChI=1S/C10H15NO2/c1-12-7-3-4-9-5-6-10(13-2)8-11-9/h5-6,8H,3-4,7H2,1-2H3. The molecule has 0 bridgehead atoms. The van der Waals surface area contributed by atoms with E-state index in [2.05, 4.69) is 4.98 Å². The van der Waals surface area contributed by atoms with Crippen molar-refractivity contribution in [2.45, 2.75) is 12.8 Å². The van der Waals surface area contributed by atoms with Crippen molar-refractivity contribution in [2.24, 2.45) is 0 Å². The molecule has 0 saturated carbocycles. The molecule has 0 aliphatic carbocycles. The fraction of sp³-hybridized carbons (Fsp3) is 0.500. The van der Waals surface area contributed by atoms with Crippen molar-refractivity contribution in [3.05, 3.63) is 24.0 Å². The monoisotopic (exact) mass is 181 g/mol. The first-order valence-electron chi connectivity index (χ1n) is 4.34. The zero-order chi connectivity index (χ0) is 9.52. The van der Waals surface area contributed by atoms with Crippen LogP contribution in [-0.2, 0) is 11.2 Å². The largest absolute Gasteiger partial charge is 0.495 e. The van der Waals surface area contributed by atoms with Crippen LogP contribution in [0.2, 0.25) is 0 Å². The zero-order valence-corrected chi connectivity index (χ0v) is 8.12. The molecule has 0 saturated heterocycles. The van der Waals surface area contributed by atoms with E-state index in [9.17, 15) is 0 Å². The minimum atomic E-state index is 0.785. The van der Waals surface area contributed by atoms with Gasteiger partial charge >= 0.3 is 0 Å². The van der Waals surface area contributed by atoms with Gasteiger partial charge in [-0.15, -0.1) is 0 Å². The Morgan fingerprint density at radius 1 is 1.31 bits per heavy atom. The van der Waals surface area contributed by atoms with E-state index in [0.29, 0.717) is 0 Å². The van der Waals surface area contributed by atoms with Gasteiger partial charge in [0, 0.05) is 19.4 Å². The Balaban J connectivity index is 2.40. The van der Waals surface area contributed by atoms with E-state index >= 15 is 0 Å². The quantitative estimate of drug-likeness (QED) is 0.647. The first-order chi connectivity index (χ1) is 6.36. The number of methoxy groups -OCH3 is 2. The maximum absolute atomic E-state index is 5.01. The van der Waals surface area contributed by atoms with E-state index in [-0.39, 0.29) is 0 Å². The van der Waals surface area contributed by atoms with Crippen LogP contribution in [-0.4, -0.2) is 25.8 Å². The van der Waals surface area contributed by atoms with Crippen LogP contribution in [0.25, 0.3) is 0 Å². The number of aryl methyl sites for hydroxylation is 1. The van der Waals surface area contributed by atoms with Gasteiger partial charge in [-0.1, -0.05) is 0 Å². The molecule has 0 unspecified atom stereocenters. The van der Waals surface area contributed by atoms with Gasteiger partial charge in [0.1, 0.15) is 5.75 Å². The van der Waals surface area contributed by atoms with Gasteiger partial charge in [-0.25, -0.2) is 0 Å². The molecule has 1 heterocycles. The average molecular weight is 181 g/mol. The molecule has 1 aromatic rings. The third kappa shape index (κ3) is 3.42. The fourth-order valence-corrected chi connectivity index (χ4v) is 1.08. The van der Waals surface area contributed by atoms with Crippen LogP contribution >= 0.6 is 0 Å². The fourth-order valence-electron chi connectivity index (χ4n) is 1.08. The number of hydrogen-bond acceptors (Lipinski definition) is 3. The molecular weight excluding hydrogens is 166 g/mol. The lowest BCUT2D eigenvalue weighted by Gasteiger charge is -2.01. The number of ether oxygens (including phenoxy) is 2. The van der Waals surface area contributed by atoms with Crippen molar-refractivity contribution in [3.63, 3.8) is 0 Å². The zero-order valence-electron chi connectivity index (χ0n) is 8.12. The Hall–Kier alpha value is -1.09. The van der Waals surface area contributed by atoms with E-state index in [4.69, 9.17) is 9.47 Å². The number of pyridine rings is 1. The van der Waals surface area contributed by atoms with Crippen molar-refractivity contribution < 1.29 is 9.47 Å². The average Bonchev–Trinajstić information content (AvgIpc) is 2.19. The third-order valence-electron chi connectivity index (χ3n) is 1.81. The van der Waals surface area contributed by atoms with Gasteiger partial charge in [-0.2, -0.15) is 0 Å². The second-order valence-corrected chi connectivity index (χ2v) is 2.79. The molecule has 3 heteroatoms. The molecular formula is C10H15NO2. The Morgan fingerprint density at radius 3 is 2.69 bits per heavy atom. The molecule has 0 radical (unpaired) electrons. The van der Waals surface area contributed by atoms with E-state index in [0.717, 1.165) is 30.9 Å². The van der Waals surface area contributed by atoms with Crippen LogP contribution in [0.3, 0.4) is 0 Å². The molecule has 0 spiro atoms. The molecule has 0 fully saturated rings. The van der Waals surface area contributed by atoms with E-state index in [1.165, 1.54) is 0 Å². The summed E-state index contributed by atoms with van der Waals surface area (Å²) in [7, 11) is 3.35. The number of nitrogens with zero attached hydrogens (tertiary/aromatic N) is 1. The second kappa shape index (κ2) is 5.54. The molecule has 13 heavy (non-hydrogen) atoms. The second-order valence-electron chi connectivity index (χ2n) is 2.79. The molecule has 1 aromatic heterocycles. The third-order valence-corrected chi connectivity index (χ3v) is 1.81. The summed E-state index contributed by atoms with van der Waals surface area (Å²) in [6.45, 7) is 0.785. The summed E-state index contributed by atoms with van der Waals surface area (Å²) in [5.74, 6) is 0.801. The van der Waals surface area contributed by atoms with Gasteiger partial charge in [0.25, 0.3) is 0 Å². The van der Waals surface area contributed by atoms with E-state index in [1.54, 1.807) is 20.4 Å². The molecule has 0 atom stereocenters. The van der Waals surface area contributed by atoms with Crippen LogP contribution in [0.5, 0.6) is 5.75 Å². The van der Waals surface area contributed by atoms with Gasteiger partial charge in [-0.3, -0.25) is 4.98 Å². The van der Waals surface area contributed by atoms with Crippen molar-refractivity contribution in [1.29, 1.82) is 0 Å². The summed E-state index contributed by atoms with van der Waals surface area (Å²) in [6.07, 6.45) is 3.70. The summed E-state index contributed by atoms with van der Waals surface area (Å²) in [4.78, 5) is 4.24. The van der Waals surface area contributed by atoms with Gasteiger partial charge in [-0.05, 0) is 25.0 Å². The van der Waals surface area contributed by atoms with E-state index in [1.807, 2.05) is 12.1 Å². The van der Waals surface area contributed by atoms with Gasteiger partial charge in [0.15, 0.2) is 0 Å². The summed E-state index contributed by atoms with van der Waals surface area (Å²) in [6, 6.07) is 3.91. The first kappa shape index (κ1) is 9.99. The first-order valence-corrected chi connectivity index (χ1v) is 4.34. The maximum Gasteiger partial charge on any atom is 0.137 e. The molecule has 72 valence electrons. The van der Waals surface area contributed by atoms with Gasteiger partial charge < -0.3 is 9.47 Å². The van der Waals surface area contributed by atoms with Crippen LogP contribution in [0.15, 0.2) is 18.3 Å². The van der Waals surface area contributed by atoms with Gasteiger partial charge in [0.2, 0.25) is 0 Å². The summed E-state index contributed by atoms with van der Waals surface area (Å²) in [5, 5.41) is 0. The van der Waals surface area contributed by atoms with Crippen molar-refractivity contribution in [3.8, 4) is 5.75 Å². The lowest BCUT2D eigenvalue weighted by Crippen LogP contribution is -1.95. The van der Waals surface area contributed by atoms with Crippen LogP contribution in [0.4, 0.5) is 0 Å². The highest BCUT2D eigenvalue weighted by molar-refractivity contribution is 5.19. The summed E-state index contributed by atoms with van der Waals surface area (Å²) < 4.78 is 9.96. The van der Waals surface area contributed by atoms with Crippen molar-refractivity contribution >= 4 is 0 Å². The van der Waals surface area contributed by atoms with Crippen LogP contribution in [0.1, 0.15) is 12.1 Å². The summed E-state index contributed by atoms with van der Waals surface area (Å²) in [5.41, 5.74) is 1.08. The van der Waals surface area contributed by atoms with Crippen molar-refractivity contribution in [1.82, 2.24) is 4.98 Å². The molecule has 0 aromatic carbocycles. The number of rotatable bonds is 5. The summed E-state index contributed by atoms with van der Waals surface area (Å²) >= 11 is 0. The van der Waals surface area contributed by atoms with Crippen LogP contribution < -0.4 is 4.74 Å². The predicted octanol–water partition coefficient (Wildman–Crippen LogP) is 1.67. The Labute approximate surface area is 78.7 Å². The van der Waals surface area contributed by atoms with Crippen LogP contribution in [0, 0.1) is 0 Å². The topological polar surface area (TPSA) is 31.4 Å². The molecule has 0 aliphatic heterocycles. The molecule has 1 rings (SSSR count). The molecule has 0 aliphatic rings. The highest BCUT2D eigenvalue weighted by Crippen LogP contribution is 2.08. The lowest BCUT2D eigenvalue weighted by molar-refractivity contribution is 0.195. The Bertz CT molecular complexity index is 233. The van der Waals surface area contributed by atoms with Crippen molar-refractivity contribution in [2.75, 3.05) is 20.8 Å². The normalized spacial score (nSPS) is 10.0. The number of aromatic nitrogens is 1. The Kier molecular flexibility index (Phi) is 4.26. The minimum absolute atomic E-state index is 0.785. The Morgan fingerprint density at radius 2 is 2.15 bits per heavy atom. The predicted molar refractivity (Wildman–Crippen MR) is 51.0 cm³/mol. The molecule has 0 amide bonds. The smallest absolute Gasteiger partial charge is 0.137 e. The molecule has 3 nitrogen and oxygen atoms in total.